The smallest absolute Gasteiger partial charge is 0.460 e. The summed E-state index contributed by atoms with van der Waals surface area (Å²) in [4.78, 5) is 12.4. The van der Waals surface area contributed by atoms with Crippen LogP contribution in [0.25, 0.3) is 0 Å². The van der Waals surface area contributed by atoms with E-state index in [2.05, 4.69) is 0 Å². The van der Waals surface area contributed by atoms with Crippen LogP contribution in [0.4, 0.5) is 13.2 Å². The average molecular weight is 376 g/mol. The second kappa shape index (κ2) is 6.82. The van der Waals surface area contributed by atoms with Crippen molar-refractivity contribution >= 4 is 15.8 Å². The number of allylic oxidation sites excluding steroid dienone is 1. The second-order valence-electron chi connectivity index (χ2n) is 6.49. The zero-order valence-corrected chi connectivity index (χ0v) is 14.7. The lowest BCUT2D eigenvalue weighted by molar-refractivity contribution is -0.154. The molecule has 0 saturated heterocycles. The molecule has 0 bridgehead atoms. The summed E-state index contributed by atoms with van der Waals surface area (Å²) in [7, 11) is -5.35. The normalized spacial score (nSPS) is 24.5. The van der Waals surface area contributed by atoms with Gasteiger partial charge in [-0.3, -0.25) is 4.79 Å². The summed E-state index contributed by atoms with van der Waals surface area (Å²) in [5.41, 5.74) is -5.61. The fourth-order valence-corrected chi connectivity index (χ4v) is 4.43. The molecule has 4 nitrogen and oxygen atoms in total. The van der Waals surface area contributed by atoms with Crippen molar-refractivity contribution in [3.63, 3.8) is 0 Å². The van der Waals surface area contributed by atoms with Crippen molar-refractivity contribution < 1.29 is 31.1 Å². The van der Waals surface area contributed by atoms with Crippen LogP contribution in [0.15, 0.2) is 42.0 Å². The molecule has 0 spiro atoms. The summed E-state index contributed by atoms with van der Waals surface area (Å²) in [6.45, 7) is 2.89. The molecule has 2 atom stereocenters. The van der Waals surface area contributed by atoms with Crippen LogP contribution in [0.2, 0.25) is 0 Å². The third-order valence-electron chi connectivity index (χ3n) is 4.21. The lowest BCUT2D eigenvalue weighted by Gasteiger charge is -2.34. The fourth-order valence-electron chi connectivity index (χ4n) is 3.00. The van der Waals surface area contributed by atoms with Crippen molar-refractivity contribution in [1.29, 1.82) is 0 Å². The minimum Gasteiger partial charge on any atom is -0.460 e. The van der Waals surface area contributed by atoms with E-state index in [0.29, 0.717) is 5.57 Å². The number of carbonyl (C=O) groups is 1. The molecule has 138 valence electrons. The van der Waals surface area contributed by atoms with Gasteiger partial charge in [0.25, 0.3) is 9.84 Å². The monoisotopic (exact) mass is 376 g/mol. The number of hydrogen-bond acceptors (Lipinski definition) is 4. The van der Waals surface area contributed by atoms with Gasteiger partial charge in [0.2, 0.25) is 0 Å². The molecule has 1 aliphatic carbocycles. The molecule has 1 aromatic carbocycles. The maximum Gasteiger partial charge on any atom is 0.497 e. The van der Waals surface area contributed by atoms with Gasteiger partial charge in [-0.25, -0.2) is 8.42 Å². The van der Waals surface area contributed by atoms with Gasteiger partial charge < -0.3 is 4.74 Å². The number of ether oxygens (including phenoxy) is 1. The third-order valence-corrected chi connectivity index (χ3v) is 6.06. The molecular weight excluding hydrogens is 357 g/mol. The minimum atomic E-state index is -5.35. The zero-order chi connectivity index (χ0) is 18.9. The quantitative estimate of drug-likeness (QED) is 0.593. The van der Waals surface area contributed by atoms with E-state index >= 15 is 0 Å². The molecule has 0 radical (unpaired) electrons. The van der Waals surface area contributed by atoms with Crippen LogP contribution in [-0.4, -0.2) is 25.1 Å². The lowest BCUT2D eigenvalue weighted by Crippen LogP contribution is -2.42. The SMILES string of the molecule is CC1=CC(C)(C(=O)OCc2ccccc2)CC(S(=O)(=O)C(F)(F)F)C1. The highest BCUT2D eigenvalue weighted by Crippen LogP contribution is 2.42. The molecule has 1 aromatic rings. The van der Waals surface area contributed by atoms with Crippen LogP contribution in [0.3, 0.4) is 0 Å². The average Bonchev–Trinajstić information content (AvgIpc) is 2.51. The predicted octanol–water partition coefficient (Wildman–Crippen LogP) is 3.78. The van der Waals surface area contributed by atoms with Gasteiger partial charge >= 0.3 is 11.5 Å². The van der Waals surface area contributed by atoms with Gasteiger partial charge in [-0.2, -0.15) is 13.2 Å². The Bertz CT molecular complexity index is 769. The summed E-state index contributed by atoms with van der Waals surface area (Å²) in [6.07, 6.45) is 0.798. The van der Waals surface area contributed by atoms with Crippen LogP contribution in [0, 0.1) is 5.41 Å². The Balaban J connectivity index is 2.18. The molecular formula is C17H19F3O4S. The first-order valence-electron chi connectivity index (χ1n) is 7.65. The predicted molar refractivity (Wildman–Crippen MR) is 86.1 cm³/mol. The maximum atomic E-state index is 12.8. The summed E-state index contributed by atoms with van der Waals surface area (Å²) in [5, 5.41) is -1.69. The highest BCUT2D eigenvalue weighted by molar-refractivity contribution is 7.92. The molecule has 0 N–H and O–H groups in total. The van der Waals surface area contributed by atoms with Gasteiger partial charge in [-0.1, -0.05) is 42.0 Å². The first-order chi connectivity index (χ1) is 11.5. The van der Waals surface area contributed by atoms with Crippen LogP contribution in [-0.2, 0) is 26.0 Å². The van der Waals surface area contributed by atoms with E-state index in [4.69, 9.17) is 4.74 Å². The molecule has 0 aliphatic heterocycles. The lowest BCUT2D eigenvalue weighted by atomic mass is 9.78. The van der Waals surface area contributed by atoms with E-state index in [1.54, 1.807) is 30.3 Å². The number of alkyl halides is 3. The topological polar surface area (TPSA) is 60.4 Å². The van der Waals surface area contributed by atoms with Crippen LogP contribution in [0.1, 0.15) is 32.3 Å². The van der Waals surface area contributed by atoms with Crippen molar-refractivity contribution in [2.45, 2.75) is 44.1 Å². The molecule has 0 heterocycles. The molecule has 2 unspecified atom stereocenters. The highest BCUT2D eigenvalue weighted by Gasteiger charge is 2.54. The number of esters is 1. The van der Waals surface area contributed by atoms with Crippen LogP contribution in [0.5, 0.6) is 0 Å². The molecule has 8 heteroatoms. The number of hydrogen-bond donors (Lipinski definition) is 0. The second-order valence-corrected chi connectivity index (χ2v) is 8.71. The number of halogens is 3. The molecule has 0 amide bonds. The van der Waals surface area contributed by atoms with E-state index < -0.39 is 38.4 Å². The van der Waals surface area contributed by atoms with Crippen molar-refractivity contribution in [3.05, 3.63) is 47.5 Å². The van der Waals surface area contributed by atoms with E-state index in [-0.39, 0.29) is 13.0 Å². The molecule has 0 fully saturated rings. The van der Waals surface area contributed by atoms with Crippen molar-refractivity contribution in [2.75, 3.05) is 0 Å². The van der Waals surface area contributed by atoms with Gasteiger partial charge in [0.1, 0.15) is 6.61 Å². The highest BCUT2D eigenvalue weighted by atomic mass is 32.2. The Morgan fingerprint density at radius 3 is 2.44 bits per heavy atom. The molecule has 25 heavy (non-hydrogen) atoms. The molecule has 1 aliphatic rings. The summed E-state index contributed by atoms with van der Waals surface area (Å²) >= 11 is 0. The van der Waals surface area contributed by atoms with E-state index in [0.717, 1.165) is 5.56 Å². The van der Waals surface area contributed by atoms with Gasteiger partial charge in [-0.15, -0.1) is 0 Å². The number of carbonyl (C=O) groups excluding carboxylic acids is 1. The zero-order valence-electron chi connectivity index (χ0n) is 13.8. The largest absolute Gasteiger partial charge is 0.497 e. The molecule has 2 rings (SSSR count). The van der Waals surface area contributed by atoms with Crippen molar-refractivity contribution in [2.24, 2.45) is 5.41 Å². The van der Waals surface area contributed by atoms with Crippen LogP contribution < -0.4 is 0 Å². The van der Waals surface area contributed by atoms with E-state index in [9.17, 15) is 26.4 Å². The van der Waals surface area contributed by atoms with Crippen molar-refractivity contribution in [1.82, 2.24) is 0 Å². The number of sulfone groups is 1. The molecule has 0 saturated carbocycles. The van der Waals surface area contributed by atoms with Crippen LogP contribution >= 0.6 is 0 Å². The Kier molecular flexibility index (Phi) is 5.32. The van der Waals surface area contributed by atoms with Gasteiger partial charge in [0.05, 0.1) is 10.7 Å². The Labute approximate surface area is 144 Å². The Morgan fingerprint density at radius 1 is 1.28 bits per heavy atom. The minimum absolute atomic E-state index is 0.0289. The summed E-state index contributed by atoms with van der Waals surface area (Å²) in [6, 6.07) is 8.82. The van der Waals surface area contributed by atoms with Gasteiger partial charge in [0, 0.05) is 0 Å². The molecule has 0 aromatic heterocycles. The van der Waals surface area contributed by atoms with Gasteiger partial charge in [0.15, 0.2) is 0 Å². The van der Waals surface area contributed by atoms with E-state index in [1.165, 1.54) is 19.9 Å². The first kappa shape index (κ1) is 19.5. The summed E-state index contributed by atoms with van der Waals surface area (Å²) < 4.78 is 67.2. The third kappa shape index (κ3) is 4.23. The summed E-state index contributed by atoms with van der Waals surface area (Å²) in [5.74, 6) is -0.738. The fraction of sp³-hybridized carbons (Fsp3) is 0.471. The maximum absolute atomic E-state index is 12.8. The van der Waals surface area contributed by atoms with Gasteiger partial charge in [-0.05, 0) is 32.3 Å². The Morgan fingerprint density at radius 2 is 1.88 bits per heavy atom. The first-order valence-corrected chi connectivity index (χ1v) is 9.20. The number of rotatable bonds is 4. The standard InChI is InChI=1S/C17H19F3O4S/c1-12-8-14(25(22,23)17(18,19)20)10-16(2,9-12)15(21)24-11-13-6-4-3-5-7-13/h3-7,9,14H,8,10-11H2,1-2H3. The number of benzene rings is 1. The Hall–Kier alpha value is -1.83. The van der Waals surface area contributed by atoms with Crippen molar-refractivity contribution in [3.8, 4) is 0 Å². The van der Waals surface area contributed by atoms with E-state index in [1.807, 2.05) is 0 Å².